The Morgan fingerprint density at radius 1 is 0.542 bits per heavy atom. The van der Waals surface area contributed by atoms with Crippen LogP contribution >= 0.6 is 0 Å². The second kappa shape index (κ2) is 16.9. The number of nitrogens with one attached hydrogen (secondary N) is 6. The van der Waals surface area contributed by atoms with E-state index in [2.05, 4.69) is 31.9 Å². The zero-order valence-corrected chi connectivity index (χ0v) is 26.1. The Labute approximate surface area is 274 Å². The van der Waals surface area contributed by atoms with Crippen LogP contribution in [0.4, 0.5) is 0 Å². The van der Waals surface area contributed by atoms with Gasteiger partial charge in [-0.25, -0.2) is 0 Å². The molecule has 4 heterocycles. The van der Waals surface area contributed by atoms with Crippen LogP contribution < -0.4 is 49.1 Å². The molecule has 0 radical (unpaired) electrons. The van der Waals surface area contributed by atoms with Crippen molar-refractivity contribution < 1.29 is 42.0 Å². The highest BCUT2D eigenvalue weighted by Crippen LogP contribution is 2.21. The maximum Gasteiger partial charge on any atom is 0.287 e. The number of amides is 6. The summed E-state index contributed by atoms with van der Waals surface area (Å²) in [7, 11) is 0. The number of fused-ring (bicyclic) bond motifs is 6. The van der Waals surface area contributed by atoms with Gasteiger partial charge in [-0.2, -0.15) is 0 Å². The molecule has 0 atom stereocenters. The van der Waals surface area contributed by atoms with Gasteiger partial charge >= 0.3 is 0 Å². The smallest absolute Gasteiger partial charge is 0.287 e. The lowest BCUT2D eigenvalue weighted by Crippen LogP contribution is -2.26. The molecule has 48 heavy (non-hydrogen) atoms. The third-order valence-corrected chi connectivity index (χ3v) is 7.13. The lowest BCUT2D eigenvalue weighted by molar-refractivity contribution is -0.121. The van der Waals surface area contributed by atoms with Crippen LogP contribution in [-0.4, -0.2) is 55.1 Å². The van der Waals surface area contributed by atoms with Crippen molar-refractivity contribution in [2.45, 2.75) is 58.5 Å². The Morgan fingerprint density at radius 2 is 0.812 bits per heavy atom. The summed E-state index contributed by atoms with van der Waals surface area (Å²) in [6, 6.07) is 4.28. The average Bonchev–Trinajstić information content (AvgIpc) is 3.79. The van der Waals surface area contributed by atoms with Gasteiger partial charge in [0.15, 0.2) is 17.3 Å². The molecule has 18 nitrogen and oxygen atoms in total. The van der Waals surface area contributed by atoms with Crippen LogP contribution in [0.3, 0.4) is 0 Å². The summed E-state index contributed by atoms with van der Waals surface area (Å²) in [5.74, 6) is -2.70. The van der Waals surface area contributed by atoms with Crippen molar-refractivity contribution in [1.29, 1.82) is 0 Å². The number of hydrogen-bond donors (Lipinski definition) is 9. The van der Waals surface area contributed by atoms with Gasteiger partial charge in [-0.15, -0.1) is 0 Å². The van der Waals surface area contributed by atoms with Gasteiger partial charge in [-0.3, -0.25) is 28.8 Å². The van der Waals surface area contributed by atoms with E-state index < -0.39 is 17.7 Å². The second-order valence-electron chi connectivity index (χ2n) is 10.7. The van der Waals surface area contributed by atoms with Crippen LogP contribution in [0.15, 0.2) is 31.5 Å². The molecule has 1 aliphatic heterocycles. The molecule has 1 aliphatic rings. The summed E-state index contributed by atoms with van der Waals surface area (Å²) >= 11 is 0. The normalized spacial score (nSPS) is 13.4. The molecule has 6 bridgehead atoms. The van der Waals surface area contributed by atoms with Crippen molar-refractivity contribution in [1.82, 2.24) is 31.9 Å². The van der Waals surface area contributed by atoms with Crippen LogP contribution in [0.2, 0.25) is 0 Å². The van der Waals surface area contributed by atoms with Crippen molar-refractivity contribution in [2.24, 2.45) is 17.2 Å². The molecular weight excluding hydrogens is 630 g/mol. The minimum Gasteiger partial charge on any atom is -0.454 e. The molecule has 6 amide bonds. The van der Waals surface area contributed by atoms with E-state index >= 15 is 0 Å². The van der Waals surface area contributed by atoms with E-state index in [1.165, 1.54) is 18.2 Å². The van der Waals surface area contributed by atoms with E-state index in [4.69, 9.17) is 30.5 Å². The molecule has 0 aromatic carbocycles. The van der Waals surface area contributed by atoms with Gasteiger partial charge < -0.3 is 62.4 Å². The van der Waals surface area contributed by atoms with Crippen LogP contribution in [0, 0.1) is 0 Å². The third kappa shape index (κ3) is 9.53. The van der Waals surface area contributed by atoms with Crippen molar-refractivity contribution in [2.75, 3.05) is 19.6 Å². The molecule has 0 fully saturated rings. The Bertz CT molecular complexity index is 1470. The van der Waals surface area contributed by atoms with E-state index in [0.29, 0.717) is 16.7 Å². The van der Waals surface area contributed by atoms with Gasteiger partial charge in [-0.1, -0.05) is 0 Å². The maximum atomic E-state index is 13.2. The number of carbonyl (C=O) groups is 6. The topological polar surface area (TPSA) is 292 Å². The van der Waals surface area contributed by atoms with Gasteiger partial charge in [0.25, 0.3) is 17.7 Å². The van der Waals surface area contributed by atoms with Crippen molar-refractivity contribution in [3.63, 3.8) is 0 Å². The fourth-order valence-electron chi connectivity index (χ4n) is 4.62. The number of nitrogens with two attached hydrogens (primary N) is 3. The van der Waals surface area contributed by atoms with Gasteiger partial charge in [0.1, 0.15) is 17.3 Å². The van der Waals surface area contributed by atoms with E-state index in [1.54, 1.807) is 0 Å². The largest absolute Gasteiger partial charge is 0.454 e. The highest BCUT2D eigenvalue weighted by atomic mass is 16.4. The molecule has 18 heteroatoms. The molecule has 3 aromatic heterocycles. The zero-order chi connectivity index (χ0) is 34.6. The molecule has 12 N–H and O–H groups in total. The fourth-order valence-corrected chi connectivity index (χ4v) is 4.62. The van der Waals surface area contributed by atoms with E-state index in [-0.39, 0.29) is 130 Å². The van der Waals surface area contributed by atoms with Crippen molar-refractivity contribution in [3.8, 4) is 0 Å². The first-order valence-electron chi connectivity index (χ1n) is 15.2. The number of rotatable bonds is 12. The molecule has 0 saturated carbocycles. The lowest BCUT2D eigenvalue weighted by atomic mass is 10.2. The molecular formula is C30H39N9O9. The standard InChI is InChI=1S/C30H39N9O9/c31-4-1-25(40)34-10-16-7-19-28(43)38-14-23-18(12-36-27(42)3-6-33)9-21(48-23)30(45)39-15-24-17(11-35-26(41)2-5-32)8-20(47-24)29(44)37-13-22(16)46-19/h7-9H,1-6,10-15,31-33H2,(H,34,40)(H,35,41)(H,36,42)(H,37,44)(H,38,43)(H,39,45). The van der Waals surface area contributed by atoms with Gasteiger partial charge in [0.05, 0.1) is 19.6 Å². The Balaban J connectivity index is 1.67. The third-order valence-electron chi connectivity index (χ3n) is 7.13. The molecule has 4 rings (SSSR count). The number of furan rings is 3. The van der Waals surface area contributed by atoms with Crippen LogP contribution in [0.25, 0.3) is 0 Å². The first-order chi connectivity index (χ1) is 23.1. The lowest BCUT2D eigenvalue weighted by Gasteiger charge is -2.07. The molecule has 0 aliphatic carbocycles. The second-order valence-corrected chi connectivity index (χ2v) is 10.7. The summed E-state index contributed by atoms with van der Waals surface area (Å²) in [5.41, 5.74) is 17.6. The zero-order valence-electron chi connectivity index (χ0n) is 26.1. The summed E-state index contributed by atoms with van der Waals surface area (Å²) < 4.78 is 17.4. The minimum atomic E-state index is -0.652. The van der Waals surface area contributed by atoms with Crippen molar-refractivity contribution >= 4 is 35.4 Å². The Morgan fingerprint density at radius 3 is 1.06 bits per heavy atom. The number of carbonyl (C=O) groups excluding carboxylic acids is 6. The fraction of sp³-hybridized carbons (Fsp3) is 0.400. The highest BCUT2D eigenvalue weighted by Gasteiger charge is 2.24. The quantitative estimate of drug-likeness (QED) is 0.106. The van der Waals surface area contributed by atoms with Gasteiger partial charge in [0, 0.05) is 75.2 Å². The monoisotopic (exact) mass is 669 g/mol. The van der Waals surface area contributed by atoms with E-state index in [0.717, 1.165) is 0 Å². The highest BCUT2D eigenvalue weighted by molar-refractivity contribution is 5.93. The first-order valence-corrected chi connectivity index (χ1v) is 15.2. The summed E-state index contributed by atoms with van der Waals surface area (Å²) in [5, 5.41) is 16.1. The molecule has 0 unspecified atom stereocenters. The van der Waals surface area contributed by atoms with Gasteiger partial charge in [-0.05, 0) is 18.2 Å². The predicted molar refractivity (Wildman–Crippen MR) is 166 cm³/mol. The summed E-state index contributed by atoms with van der Waals surface area (Å²) in [6.07, 6.45) is 0.264. The number of hydrogen-bond acceptors (Lipinski definition) is 12. The Kier molecular flexibility index (Phi) is 12.5. The summed E-state index contributed by atoms with van der Waals surface area (Å²) in [6.45, 7) is -0.155. The van der Waals surface area contributed by atoms with Crippen LogP contribution in [0.5, 0.6) is 0 Å². The molecule has 0 saturated heterocycles. The van der Waals surface area contributed by atoms with Crippen molar-refractivity contribution in [3.05, 3.63) is 69.5 Å². The Hall–Kier alpha value is -5.46. The van der Waals surface area contributed by atoms with Gasteiger partial charge in [0.2, 0.25) is 17.7 Å². The van der Waals surface area contributed by atoms with Crippen LogP contribution in [0.1, 0.15) is 84.9 Å². The molecule has 3 aromatic rings. The SMILES string of the molecule is NCCC(=O)NCc1cc2oc1CNC(=O)c1cc(CNC(=O)CCN)c(o1)CNC(=O)c1cc(CNC(=O)CCN)c(o1)CNC2=O. The summed E-state index contributed by atoms with van der Waals surface area (Å²) in [4.78, 5) is 75.7. The molecule has 0 spiro atoms. The average molecular weight is 670 g/mol. The van der Waals surface area contributed by atoms with Crippen LogP contribution in [-0.2, 0) is 53.7 Å². The maximum absolute atomic E-state index is 13.2. The predicted octanol–water partition coefficient (Wildman–Crippen LogP) is -1.54. The minimum absolute atomic E-state index is 0.0136. The molecule has 258 valence electrons. The first kappa shape index (κ1) is 35.4. The van der Waals surface area contributed by atoms with E-state index in [9.17, 15) is 28.8 Å². The van der Waals surface area contributed by atoms with E-state index in [1.807, 2.05) is 0 Å².